The van der Waals surface area contributed by atoms with E-state index in [1.54, 1.807) is 0 Å². The standard InChI is InChI=1S/C14H30N2/c1-11(2)14-6-5-8-16(9-7-14)13(4)10-12(3)15/h11-14H,5-10,15H2,1-4H3. The van der Waals surface area contributed by atoms with E-state index in [0.717, 1.165) is 18.3 Å². The van der Waals surface area contributed by atoms with Crippen molar-refractivity contribution in [2.45, 2.75) is 65.5 Å². The Morgan fingerprint density at radius 3 is 2.38 bits per heavy atom. The Hall–Kier alpha value is -0.0800. The third-order valence-electron chi connectivity index (χ3n) is 4.09. The van der Waals surface area contributed by atoms with Crippen molar-refractivity contribution in [2.24, 2.45) is 17.6 Å². The van der Waals surface area contributed by atoms with Crippen molar-refractivity contribution in [1.29, 1.82) is 0 Å². The summed E-state index contributed by atoms with van der Waals surface area (Å²) in [5, 5.41) is 0. The lowest BCUT2D eigenvalue weighted by Gasteiger charge is -2.29. The zero-order valence-corrected chi connectivity index (χ0v) is 11.6. The second-order valence-corrected chi connectivity index (χ2v) is 6.03. The number of nitrogens with zero attached hydrogens (tertiary/aromatic N) is 1. The number of nitrogens with two attached hydrogens (primary N) is 1. The monoisotopic (exact) mass is 226 g/mol. The molecule has 1 fully saturated rings. The maximum Gasteiger partial charge on any atom is 0.00815 e. The van der Waals surface area contributed by atoms with Gasteiger partial charge in [0.05, 0.1) is 0 Å². The predicted molar refractivity (Wildman–Crippen MR) is 71.5 cm³/mol. The lowest BCUT2D eigenvalue weighted by atomic mass is 9.89. The smallest absolute Gasteiger partial charge is 0.00815 e. The molecule has 3 atom stereocenters. The van der Waals surface area contributed by atoms with Gasteiger partial charge in [-0.15, -0.1) is 0 Å². The summed E-state index contributed by atoms with van der Waals surface area (Å²) < 4.78 is 0. The van der Waals surface area contributed by atoms with Gasteiger partial charge in [-0.3, -0.25) is 0 Å². The molecule has 1 aliphatic rings. The summed E-state index contributed by atoms with van der Waals surface area (Å²) >= 11 is 0. The Balaban J connectivity index is 2.40. The highest BCUT2D eigenvalue weighted by Crippen LogP contribution is 2.25. The second kappa shape index (κ2) is 6.61. The molecule has 0 radical (unpaired) electrons. The van der Waals surface area contributed by atoms with Crippen LogP contribution in [0.4, 0.5) is 0 Å². The van der Waals surface area contributed by atoms with Crippen LogP contribution in [0.2, 0.25) is 0 Å². The van der Waals surface area contributed by atoms with Crippen LogP contribution >= 0.6 is 0 Å². The van der Waals surface area contributed by atoms with E-state index in [9.17, 15) is 0 Å². The lowest BCUT2D eigenvalue weighted by molar-refractivity contribution is 0.196. The molecule has 1 aliphatic heterocycles. The zero-order chi connectivity index (χ0) is 12.1. The van der Waals surface area contributed by atoms with E-state index in [4.69, 9.17) is 5.73 Å². The minimum Gasteiger partial charge on any atom is -0.328 e. The Labute approximate surface area is 102 Å². The molecule has 0 aliphatic carbocycles. The molecule has 0 aromatic carbocycles. The van der Waals surface area contributed by atoms with Crippen LogP contribution in [0.1, 0.15) is 53.4 Å². The zero-order valence-electron chi connectivity index (χ0n) is 11.6. The van der Waals surface area contributed by atoms with Gasteiger partial charge in [0.2, 0.25) is 0 Å². The highest BCUT2D eigenvalue weighted by atomic mass is 15.1. The van der Waals surface area contributed by atoms with Crippen molar-refractivity contribution in [2.75, 3.05) is 13.1 Å². The van der Waals surface area contributed by atoms with Crippen molar-refractivity contribution in [3.63, 3.8) is 0 Å². The van der Waals surface area contributed by atoms with Crippen LogP contribution in [0, 0.1) is 11.8 Å². The summed E-state index contributed by atoms with van der Waals surface area (Å²) in [7, 11) is 0. The van der Waals surface area contributed by atoms with Gasteiger partial charge in [0, 0.05) is 12.1 Å². The van der Waals surface area contributed by atoms with Gasteiger partial charge < -0.3 is 10.6 Å². The summed E-state index contributed by atoms with van der Waals surface area (Å²) in [4.78, 5) is 2.64. The van der Waals surface area contributed by atoms with Crippen molar-refractivity contribution in [3.8, 4) is 0 Å². The van der Waals surface area contributed by atoms with Crippen LogP contribution in [0.3, 0.4) is 0 Å². The van der Waals surface area contributed by atoms with Gasteiger partial charge in [0.25, 0.3) is 0 Å². The van der Waals surface area contributed by atoms with Gasteiger partial charge in [-0.05, 0) is 64.5 Å². The van der Waals surface area contributed by atoms with Gasteiger partial charge in [-0.2, -0.15) is 0 Å². The third-order valence-corrected chi connectivity index (χ3v) is 4.09. The number of rotatable bonds is 4. The minimum absolute atomic E-state index is 0.333. The Kier molecular flexibility index (Phi) is 5.77. The van der Waals surface area contributed by atoms with Crippen molar-refractivity contribution < 1.29 is 0 Å². The molecule has 0 saturated carbocycles. The predicted octanol–water partition coefficient (Wildman–Crippen LogP) is 2.87. The fraction of sp³-hybridized carbons (Fsp3) is 1.00. The van der Waals surface area contributed by atoms with Crippen LogP contribution in [0.25, 0.3) is 0 Å². The second-order valence-electron chi connectivity index (χ2n) is 6.03. The highest BCUT2D eigenvalue weighted by Gasteiger charge is 2.22. The summed E-state index contributed by atoms with van der Waals surface area (Å²) in [6.07, 6.45) is 5.29. The van der Waals surface area contributed by atoms with Crippen molar-refractivity contribution >= 4 is 0 Å². The first-order chi connectivity index (χ1) is 7.50. The molecule has 2 heteroatoms. The van der Waals surface area contributed by atoms with Crippen molar-refractivity contribution in [1.82, 2.24) is 4.90 Å². The largest absolute Gasteiger partial charge is 0.328 e. The number of likely N-dealkylation sites (tertiary alicyclic amines) is 1. The molecule has 0 amide bonds. The van der Waals surface area contributed by atoms with E-state index in [1.165, 1.54) is 32.4 Å². The fourth-order valence-electron chi connectivity index (χ4n) is 2.94. The van der Waals surface area contributed by atoms with Gasteiger partial charge >= 0.3 is 0 Å². The molecular weight excluding hydrogens is 196 g/mol. The molecule has 96 valence electrons. The van der Waals surface area contributed by atoms with Crippen molar-refractivity contribution in [3.05, 3.63) is 0 Å². The van der Waals surface area contributed by atoms with Crippen LogP contribution in [-0.2, 0) is 0 Å². The minimum atomic E-state index is 0.333. The molecule has 2 nitrogen and oxygen atoms in total. The summed E-state index contributed by atoms with van der Waals surface area (Å²) in [6, 6.07) is 0.991. The first-order valence-corrected chi connectivity index (χ1v) is 7.00. The third kappa shape index (κ3) is 4.42. The average Bonchev–Trinajstić information content (AvgIpc) is 2.41. The maximum atomic E-state index is 5.89. The van der Waals surface area contributed by atoms with Gasteiger partial charge in [-0.1, -0.05) is 13.8 Å². The quantitative estimate of drug-likeness (QED) is 0.798. The Morgan fingerprint density at radius 1 is 1.12 bits per heavy atom. The fourth-order valence-corrected chi connectivity index (χ4v) is 2.94. The van der Waals surface area contributed by atoms with Crippen LogP contribution in [0.5, 0.6) is 0 Å². The topological polar surface area (TPSA) is 29.3 Å². The Bertz CT molecular complexity index is 189. The lowest BCUT2D eigenvalue weighted by Crippen LogP contribution is -2.37. The molecule has 0 spiro atoms. The first-order valence-electron chi connectivity index (χ1n) is 7.00. The molecule has 2 N–H and O–H groups in total. The van der Waals surface area contributed by atoms with E-state index in [0.29, 0.717) is 12.1 Å². The van der Waals surface area contributed by atoms with E-state index in [1.807, 2.05) is 0 Å². The average molecular weight is 226 g/mol. The van der Waals surface area contributed by atoms with Gasteiger partial charge in [-0.25, -0.2) is 0 Å². The molecular formula is C14H30N2. The molecule has 1 heterocycles. The summed E-state index contributed by atoms with van der Waals surface area (Å²) in [5.74, 6) is 1.79. The first kappa shape index (κ1) is 14.0. The molecule has 3 unspecified atom stereocenters. The van der Waals surface area contributed by atoms with E-state index in [2.05, 4.69) is 32.6 Å². The summed E-state index contributed by atoms with van der Waals surface area (Å²) in [5.41, 5.74) is 5.89. The van der Waals surface area contributed by atoms with Crippen LogP contribution in [0.15, 0.2) is 0 Å². The molecule has 1 saturated heterocycles. The highest BCUT2D eigenvalue weighted by molar-refractivity contribution is 4.77. The normalized spacial score (nSPS) is 27.8. The van der Waals surface area contributed by atoms with Crippen LogP contribution in [-0.4, -0.2) is 30.1 Å². The van der Waals surface area contributed by atoms with E-state index < -0.39 is 0 Å². The molecule has 16 heavy (non-hydrogen) atoms. The Morgan fingerprint density at radius 2 is 1.81 bits per heavy atom. The van der Waals surface area contributed by atoms with E-state index >= 15 is 0 Å². The molecule has 1 rings (SSSR count). The maximum absolute atomic E-state index is 5.89. The molecule has 0 aromatic rings. The molecule has 0 bridgehead atoms. The van der Waals surface area contributed by atoms with Gasteiger partial charge in [0.1, 0.15) is 0 Å². The molecule has 0 aromatic heterocycles. The van der Waals surface area contributed by atoms with E-state index in [-0.39, 0.29) is 0 Å². The van der Waals surface area contributed by atoms with Crippen LogP contribution < -0.4 is 5.73 Å². The SMILES string of the molecule is CC(N)CC(C)N1CCCC(C(C)C)CC1. The number of hydrogen-bond donors (Lipinski definition) is 1. The number of hydrogen-bond acceptors (Lipinski definition) is 2. The van der Waals surface area contributed by atoms with Gasteiger partial charge in [0.15, 0.2) is 0 Å². The summed E-state index contributed by atoms with van der Waals surface area (Å²) in [6.45, 7) is 11.7.